The largest absolute Gasteiger partial charge is 0.497 e. The maximum absolute atomic E-state index is 15.4. The average Bonchev–Trinajstić information content (AvgIpc) is 3.34. The minimum atomic E-state index is -1.02. The number of methoxy groups -OCH3 is 2. The average molecular weight is 557 g/mol. The van der Waals surface area contributed by atoms with Crippen LogP contribution in [0.3, 0.4) is 0 Å². The number of ether oxygens (including phenoxy) is 2. The molecule has 212 valence electrons. The van der Waals surface area contributed by atoms with Gasteiger partial charge in [0.25, 0.3) is 11.5 Å². The minimum Gasteiger partial charge on any atom is -0.497 e. The number of carboxylic acids is 1. The first kappa shape index (κ1) is 30.9. The molecule has 2 heterocycles. The van der Waals surface area contributed by atoms with E-state index in [0.29, 0.717) is 17.0 Å². The van der Waals surface area contributed by atoms with Crippen LogP contribution in [0.25, 0.3) is 5.82 Å². The summed E-state index contributed by atoms with van der Waals surface area (Å²) in [7, 11) is 4.25. The van der Waals surface area contributed by atoms with Crippen molar-refractivity contribution in [1.82, 2.24) is 24.7 Å². The number of hydrogen-bond donors (Lipinski definition) is 6. The smallest absolute Gasteiger partial charge is 0.349 e. The third-order valence-corrected chi connectivity index (χ3v) is 4.99. The van der Waals surface area contributed by atoms with E-state index in [-0.39, 0.29) is 23.0 Å². The van der Waals surface area contributed by atoms with Crippen molar-refractivity contribution in [1.29, 1.82) is 5.41 Å². The number of rotatable bonds is 8. The predicted octanol–water partition coefficient (Wildman–Crippen LogP) is 1.67. The van der Waals surface area contributed by atoms with Crippen molar-refractivity contribution in [3.8, 4) is 17.3 Å². The molecule has 1 unspecified atom stereocenters. The van der Waals surface area contributed by atoms with Crippen LogP contribution < -0.4 is 31.8 Å². The molecule has 0 bridgehead atoms. The number of halogens is 1. The maximum atomic E-state index is 15.4. The fraction of sp³-hybridized carbons (Fsp3) is 0.200. The van der Waals surface area contributed by atoms with Gasteiger partial charge in [-0.15, -0.1) is 5.10 Å². The molecule has 0 fully saturated rings. The number of aliphatic carboxylic acids is 1. The van der Waals surface area contributed by atoms with Crippen molar-refractivity contribution in [2.24, 2.45) is 5.73 Å². The first-order valence-corrected chi connectivity index (χ1v) is 11.5. The molecule has 0 radical (unpaired) electrons. The van der Waals surface area contributed by atoms with Crippen LogP contribution in [0.2, 0.25) is 0 Å². The van der Waals surface area contributed by atoms with Crippen LogP contribution in [-0.2, 0) is 4.79 Å². The fourth-order valence-electron chi connectivity index (χ4n) is 3.31. The lowest BCUT2D eigenvalue weighted by Gasteiger charge is -2.20. The number of aromatic amines is 2. The second-order valence-electron chi connectivity index (χ2n) is 7.56. The Morgan fingerprint density at radius 2 is 1.85 bits per heavy atom. The van der Waals surface area contributed by atoms with Crippen LogP contribution in [0.15, 0.2) is 58.4 Å². The molecule has 0 spiro atoms. The van der Waals surface area contributed by atoms with Crippen molar-refractivity contribution in [3.05, 3.63) is 92.4 Å². The number of nitrogens with one attached hydrogen (secondary N) is 4. The molecule has 0 aliphatic heterocycles. The summed E-state index contributed by atoms with van der Waals surface area (Å²) in [5.41, 5.74) is 4.44. The second-order valence-corrected chi connectivity index (χ2v) is 7.56. The molecule has 2 aromatic heterocycles. The van der Waals surface area contributed by atoms with Gasteiger partial charge in [-0.3, -0.25) is 14.6 Å². The summed E-state index contributed by atoms with van der Waals surface area (Å²) in [6.45, 7) is 1.08. The number of nitrogens with two attached hydrogens (primary N) is 1. The van der Waals surface area contributed by atoms with Crippen molar-refractivity contribution in [3.63, 3.8) is 0 Å². The molecule has 40 heavy (non-hydrogen) atoms. The van der Waals surface area contributed by atoms with E-state index in [1.54, 1.807) is 24.3 Å². The molecule has 0 aliphatic rings. The van der Waals surface area contributed by atoms with Gasteiger partial charge >= 0.3 is 5.69 Å². The van der Waals surface area contributed by atoms with E-state index >= 15 is 4.39 Å². The zero-order valence-corrected chi connectivity index (χ0v) is 22.1. The Morgan fingerprint density at radius 3 is 2.40 bits per heavy atom. The van der Waals surface area contributed by atoms with Gasteiger partial charge < -0.3 is 36.0 Å². The van der Waals surface area contributed by atoms with Gasteiger partial charge in [-0.25, -0.2) is 14.2 Å². The maximum Gasteiger partial charge on any atom is 0.349 e. The number of carbonyl (C=O) groups is 1. The molecule has 0 saturated carbocycles. The van der Waals surface area contributed by atoms with Crippen molar-refractivity contribution in [2.45, 2.75) is 13.0 Å². The molecular weight excluding hydrogens is 527 g/mol. The molecule has 15 heteroatoms. The van der Waals surface area contributed by atoms with Crippen LogP contribution in [0.1, 0.15) is 29.9 Å². The third-order valence-electron chi connectivity index (χ3n) is 4.99. The summed E-state index contributed by atoms with van der Waals surface area (Å²) in [5.74, 6) is -1.50. The number of benzene rings is 2. The fourth-order valence-corrected chi connectivity index (χ4v) is 3.31. The zero-order chi connectivity index (χ0) is 29.8. The molecule has 4 aromatic rings. The highest BCUT2D eigenvalue weighted by Crippen LogP contribution is 2.34. The Balaban J connectivity index is 0.000000858. The topological polar surface area (TPSA) is 214 Å². The lowest BCUT2D eigenvalue weighted by Crippen LogP contribution is -2.25. The van der Waals surface area contributed by atoms with E-state index in [1.165, 1.54) is 52.0 Å². The highest BCUT2D eigenvalue weighted by molar-refractivity contribution is 5.77. The Morgan fingerprint density at radius 1 is 1.20 bits per heavy atom. The number of hydrogen-bond acceptors (Lipinski definition) is 10. The van der Waals surface area contributed by atoms with Crippen molar-refractivity contribution in [2.75, 3.05) is 26.6 Å². The van der Waals surface area contributed by atoms with Gasteiger partial charge in [-0.1, -0.05) is 12.1 Å². The zero-order valence-electron chi connectivity index (χ0n) is 22.1. The number of anilines is 1. The van der Waals surface area contributed by atoms with Crippen LogP contribution >= 0.6 is 0 Å². The molecule has 2 aromatic carbocycles. The number of aromatic nitrogens is 5. The second kappa shape index (κ2) is 14.6. The number of H-pyrrole nitrogens is 2. The summed E-state index contributed by atoms with van der Waals surface area (Å²) < 4.78 is 26.6. The summed E-state index contributed by atoms with van der Waals surface area (Å²) >= 11 is 0. The highest BCUT2D eigenvalue weighted by Gasteiger charge is 2.27. The van der Waals surface area contributed by atoms with Crippen molar-refractivity contribution < 1.29 is 23.8 Å². The molecule has 0 amide bonds. The number of nitrogens with zero attached hydrogens (tertiary/aromatic N) is 3. The lowest BCUT2D eigenvalue weighted by atomic mass is 10.0. The molecule has 7 N–H and O–H groups in total. The van der Waals surface area contributed by atoms with Crippen LogP contribution in [0.4, 0.5) is 10.1 Å². The van der Waals surface area contributed by atoms with Crippen molar-refractivity contribution >= 4 is 17.9 Å². The van der Waals surface area contributed by atoms with Gasteiger partial charge in [0.15, 0.2) is 17.4 Å². The standard InChI is InChI=1S/C22H20FN7O4.C2H4O2.CH5N/c1-33-14-9-15(17(23)16(10-14)34-2)18(27-13-5-3-12(11-24)4-6-13)19-28-22(32)30(29-19)20-21(31)26-8-7-25-20;1-2(3)4;1-2/h3-11,18,24,27H,1-2H3,(H,26,31)(H,28,29,32);1H3,(H,3,4);2H2,1H3. The molecule has 0 aliphatic carbocycles. The van der Waals surface area contributed by atoms with Gasteiger partial charge in [0.05, 0.1) is 14.2 Å². The summed E-state index contributed by atoms with van der Waals surface area (Å²) in [5, 5.41) is 22.1. The van der Waals surface area contributed by atoms with Gasteiger partial charge in [0.1, 0.15) is 11.8 Å². The monoisotopic (exact) mass is 556 g/mol. The summed E-state index contributed by atoms with van der Waals surface area (Å²) in [6.07, 6.45) is 3.83. The van der Waals surface area contributed by atoms with E-state index in [4.69, 9.17) is 24.8 Å². The van der Waals surface area contributed by atoms with Gasteiger partial charge in [-0.2, -0.15) is 4.68 Å². The molecule has 4 rings (SSSR count). The van der Waals surface area contributed by atoms with E-state index in [0.717, 1.165) is 11.6 Å². The van der Waals surface area contributed by atoms with Gasteiger partial charge in [-0.05, 0) is 30.8 Å². The SMILES string of the molecule is CC(=O)O.CN.COc1cc(OC)c(F)c(C(Nc2ccc(C=N)cc2)c2nn(-c3ncc[nH]c3=O)c(=O)[nH]2)c1. The van der Waals surface area contributed by atoms with Gasteiger partial charge in [0.2, 0.25) is 5.82 Å². The lowest BCUT2D eigenvalue weighted by molar-refractivity contribution is -0.134. The number of carboxylic acid groups (broad SMARTS) is 1. The van der Waals surface area contributed by atoms with E-state index in [2.05, 4.69) is 31.1 Å². The Hall–Kier alpha value is -5.31. The Labute approximate surface area is 227 Å². The van der Waals surface area contributed by atoms with E-state index in [1.807, 2.05) is 0 Å². The van der Waals surface area contributed by atoms with Crippen LogP contribution in [0.5, 0.6) is 11.5 Å². The minimum absolute atomic E-state index is 0.0142. The molecule has 0 saturated heterocycles. The summed E-state index contributed by atoms with van der Waals surface area (Å²) in [4.78, 5) is 42.7. The third kappa shape index (κ3) is 7.61. The highest BCUT2D eigenvalue weighted by atomic mass is 19.1. The van der Waals surface area contributed by atoms with E-state index < -0.39 is 29.1 Å². The normalized spacial score (nSPS) is 10.7. The molecular formula is C25H29FN8O6. The first-order chi connectivity index (χ1) is 19.2. The first-order valence-electron chi connectivity index (χ1n) is 11.5. The van der Waals surface area contributed by atoms with Crippen LogP contribution in [0, 0.1) is 11.2 Å². The Kier molecular flexibility index (Phi) is 11.3. The van der Waals surface area contributed by atoms with Gasteiger partial charge in [0, 0.05) is 42.8 Å². The predicted molar refractivity (Wildman–Crippen MR) is 145 cm³/mol. The quantitative estimate of drug-likeness (QED) is 0.173. The summed E-state index contributed by atoms with van der Waals surface area (Å²) in [6, 6.07) is 8.61. The van der Waals surface area contributed by atoms with Crippen LogP contribution in [-0.4, -0.2) is 63.3 Å². The van der Waals surface area contributed by atoms with E-state index in [9.17, 15) is 9.59 Å². The molecule has 14 nitrogen and oxygen atoms in total. The Bertz CT molecular complexity index is 1540. The molecule has 1 atom stereocenters.